The monoisotopic (exact) mass is 346 g/mol. The molecule has 0 spiro atoms. The Labute approximate surface area is 135 Å². The minimum Gasteiger partial charge on any atom is -0.465 e. The Balaban J connectivity index is 4.48. The lowest BCUT2D eigenvalue weighted by Gasteiger charge is -2.18. The van der Waals surface area contributed by atoms with Crippen LogP contribution < -0.4 is 0 Å². The molecule has 0 saturated carbocycles. The van der Waals surface area contributed by atoms with Gasteiger partial charge in [-0.3, -0.25) is 14.4 Å². The maximum atomic E-state index is 12.0. The van der Waals surface area contributed by atoms with Crippen LogP contribution in [-0.4, -0.2) is 47.1 Å². The highest BCUT2D eigenvalue weighted by Crippen LogP contribution is 2.12. The number of ether oxygens (including phenoxy) is 2. The Bertz CT molecular complexity index is 375. The molecule has 0 radical (unpaired) electrons. The van der Waals surface area contributed by atoms with Crippen molar-refractivity contribution in [3.8, 4) is 0 Å². The largest absolute Gasteiger partial charge is 0.465 e. The second-order valence-corrected chi connectivity index (χ2v) is 19.2. The first-order valence-corrected chi connectivity index (χ1v) is 15.1. The van der Waals surface area contributed by atoms with E-state index in [1.165, 1.54) is 6.92 Å². The molecule has 0 aliphatic rings. The number of carbonyl (C=O) groups excluding carboxylic acids is 3. The molecule has 0 aliphatic heterocycles. The predicted octanol–water partition coefficient (Wildman–Crippen LogP) is 2.95. The molecule has 128 valence electrons. The van der Waals surface area contributed by atoms with Crippen molar-refractivity contribution in [2.24, 2.45) is 5.92 Å². The molecule has 0 fully saturated rings. The van der Waals surface area contributed by atoms with Gasteiger partial charge in [-0.05, 0) is 19.0 Å². The van der Waals surface area contributed by atoms with Crippen LogP contribution in [-0.2, 0) is 23.9 Å². The van der Waals surface area contributed by atoms with Gasteiger partial charge in [0.25, 0.3) is 0 Å². The van der Waals surface area contributed by atoms with Gasteiger partial charge >= 0.3 is 11.9 Å². The van der Waals surface area contributed by atoms with E-state index in [0.717, 1.165) is 12.1 Å². The van der Waals surface area contributed by atoms with Crippen molar-refractivity contribution in [1.29, 1.82) is 0 Å². The molecule has 7 heteroatoms. The van der Waals surface area contributed by atoms with Crippen molar-refractivity contribution >= 4 is 33.9 Å². The Morgan fingerprint density at radius 1 is 0.773 bits per heavy atom. The molecule has 0 amide bonds. The molecular weight excluding hydrogens is 316 g/mol. The molecule has 5 nitrogen and oxygen atoms in total. The summed E-state index contributed by atoms with van der Waals surface area (Å²) in [5, 5.41) is 0. The molecule has 0 atom stereocenters. The summed E-state index contributed by atoms with van der Waals surface area (Å²) in [6.45, 7) is 14.7. The van der Waals surface area contributed by atoms with Crippen LogP contribution in [0.25, 0.3) is 0 Å². The van der Waals surface area contributed by atoms with Gasteiger partial charge in [0.05, 0.1) is 13.2 Å². The molecule has 0 heterocycles. The lowest BCUT2D eigenvalue weighted by Crippen LogP contribution is -2.35. The maximum Gasteiger partial charge on any atom is 0.328 e. The molecule has 0 saturated heterocycles. The van der Waals surface area contributed by atoms with Crippen molar-refractivity contribution in [3.05, 3.63) is 0 Å². The number of hydrogen-bond donors (Lipinski definition) is 0. The first-order chi connectivity index (χ1) is 9.83. The highest BCUT2D eigenvalue weighted by molar-refractivity contribution is 6.76. The van der Waals surface area contributed by atoms with E-state index in [1.54, 1.807) is 0 Å². The van der Waals surface area contributed by atoms with Gasteiger partial charge in [-0.2, -0.15) is 0 Å². The van der Waals surface area contributed by atoms with E-state index in [0.29, 0.717) is 0 Å². The van der Waals surface area contributed by atoms with Crippen LogP contribution >= 0.6 is 0 Å². The number of rotatable bonds is 9. The van der Waals surface area contributed by atoms with Crippen LogP contribution in [0.5, 0.6) is 0 Å². The molecule has 22 heavy (non-hydrogen) atoms. The molecule has 0 aromatic carbocycles. The fourth-order valence-corrected chi connectivity index (χ4v) is 2.94. The lowest BCUT2D eigenvalue weighted by molar-refractivity contribution is -0.163. The van der Waals surface area contributed by atoms with E-state index in [9.17, 15) is 14.4 Å². The van der Waals surface area contributed by atoms with Crippen LogP contribution in [0.1, 0.15) is 6.92 Å². The third-order valence-electron chi connectivity index (χ3n) is 3.07. The fraction of sp³-hybridized carbons (Fsp3) is 0.800. The molecule has 0 rings (SSSR count). The quantitative estimate of drug-likeness (QED) is 0.365. The van der Waals surface area contributed by atoms with E-state index < -0.39 is 39.8 Å². The summed E-state index contributed by atoms with van der Waals surface area (Å²) in [4.78, 5) is 35.5. The summed E-state index contributed by atoms with van der Waals surface area (Å²) in [5.41, 5.74) is 0. The molecule has 0 aliphatic carbocycles. The van der Waals surface area contributed by atoms with E-state index in [1.807, 2.05) is 0 Å². The van der Waals surface area contributed by atoms with Gasteiger partial charge < -0.3 is 9.47 Å². The first-order valence-electron chi connectivity index (χ1n) is 7.67. The van der Waals surface area contributed by atoms with Crippen LogP contribution in [0, 0.1) is 5.92 Å². The van der Waals surface area contributed by atoms with Gasteiger partial charge in [-0.15, -0.1) is 0 Å². The Kier molecular flexibility index (Phi) is 8.24. The molecular formula is C15H30O5Si2. The smallest absolute Gasteiger partial charge is 0.328 e. The summed E-state index contributed by atoms with van der Waals surface area (Å²) in [6.07, 6.45) is 0. The predicted molar refractivity (Wildman–Crippen MR) is 92.4 cm³/mol. The van der Waals surface area contributed by atoms with Gasteiger partial charge in [0.2, 0.25) is 5.92 Å². The van der Waals surface area contributed by atoms with Gasteiger partial charge in [0.1, 0.15) is 0 Å². The number of hydrogen-bond acceptors (Lipinski definition) is 5. The molecule has 0 aromatic rings. The Morgan fingerprint density at radius 3 is 1.32 bits per heavy atom. The zero-order chi connectivity index (χ0) is 17.6. The van der Waals surface area contributed by atoms with Crippen LogP contribution in [0.15, 0.2) is 0 Å². The Morgan fingerprint density at radius 2 is 1.09 bits per heavy atom. The molecule has 0 unspecified atom stereocenters. The van der Waals surface area contributed by atoms with Gasteiger partial charge in [0.15, 0.2) is 5.78 Å². The standard InChI is InChI=1S/C15H30O5Si2/c1-12(16)13(14(17)19-8-10-21(2,3)4)15(18)20-9-11-22(5,6)7/h13H,8-11H2,1-7H3. The van der Waals surface area contributed by atoms with Crippen LogP contribution in [0.2, 0.25) is 51.4 Å². The molecule has 0 N–H and O–H groups in total. The lowest BCUT2D eigenvalue weighted by atomic mass is 10.1. The summed E-state index contributed by atoms with van der Waals surface area (Å²) in [6, 6.07) is 1.60. The highest BCUT2D eigenvalue weighted by atomic mass is 28.3. The average molecular weight is 347 g/mol. The first kappa shape index (κ1) is 21.0. The van der Waals surface area contributed by atoms with Crippen molar-refractivity contribution in [3.63, 3.8) is 0 Å². The fourth-order valence-electron chi connectivity index (χ4n) is 1.51. The third kappa shape index (κ3) is 9.89. The van der Waals surface area contributed by atoms with Crippen molar-refractivity contribution in [2.75, 3.05) is 13.2 Å². The van der Waals surface area contributed by atoms with E-state index in [-0.39, 0.29) is 13.2 Å². The van der Waals surface area contributed by atoms with E-state index >= 15 is 0 Å². The summed E-state index contributed by atoms with van der Waals surface area (Å²) in [5.74, 6) is -3.55. The topological polar surface area (TPSA) is 69.7 Å². The van der Waals surface area contributed by atoms with Crippen molar-refractivity contribution in [2.45, 2.75) is 58.3 Å². The third-order valence-corrected chi connectivity index (χ3v) is 6.48. The number of Topliss-reactive ketones (excluding diaryl/α,β-unsaturated/α-hetero) is 1. The zero-order valence-electron chi connectivity index (χ0n) is 14.9. The van der Waals surface area contributed by atoms with Crippen molar-refractivity contribution < 1.29 is 23.9 Å². The van der Waals surface area contributed by atoms with Crippen LogP contribution in [0.4, 0.5) is 0 Å². The van der Waals surface area contributed by atoms with Crippen LogP contribution in [0.3, 0.4) is 0 Å². The highest BCUT2D eigenvalue weighted by Gasteiger charge is 2.34. The minimum atomic E-state index is -1.44. The zero-order valence-corrected chi connectivity index (χ0v) is 16.9. The summed E-state index contributed by atoms with van der Waals surface area (Å²) in [7, 11) is -2.66. The summed E-state index contributed by atoms with van der Waals surface area (Å²) < 4.78 is 10.2. The Hall–Kier alpha value is -0.956. The van der Waals surface area contributed by atoms with E-state index in [4.69, 9.17) is 9.47 Å². The average Bonchev–Trinajstić information content (AvgIpc) is 2.24. The normalized spacial score (nSPS) is 12.2. The number of esters is 2. The van der Waals surface area contributed by atoms with Gasteiger partial charge in [0, 0.05) is 16.1 Å². The minimum absolute atomic E-state index is 0.251. The maximum absolute atomic E-state index is 12.0. The van der Waals surface area contributed by atoms with Crippen molar-refractivity contribution in [1.82, 2.24) is 0 Å². The number of carbonyl (C=O) groups is 3. The van der Waals surface area contributed by atoms with E-state index in [2.05, 4.69) is 39.3 Å². The molecule has 0 aromatic heterocycles. The number of ketones is 1. The second kappa shape index (κ2) is 8.62. The van der Waals surface area contributed by atoms with Gasteiger partial charge in [-0.1, -0.05) is 39.3 Å². The van der Waals surface area contributed by atoms with Gasteiger partial charge in [-0.25, -0.2) is 0 Å². The summed E-state index contributed by atoms with van der Waals surface area (Å²) >= 11 is 0. The SMILES string of the molecule is CC(=O)C(C(=O)OCC[Si](C)(C)C)C(=O)OCC[Si](C)(C)C. The molecule has 0 bridgehead atoms. The second-order valence-electron chi connectivity index (χ2n) is 8.00.